The van der Waals surface area contributed by atoms with Gasteiger partial charge in [0.05, 0.1) is 6.61 Å². The predicted octanol–water partition coefficient (Wildman–Crippen LogP) is 1.66. The Bertz CT molecular complexity index is 350. The summed E-state index contributed by atoms with van der Waals surface area (Å²) < 4.78 is 6.59. The number of aromatic nitrogens is 1. The van der Waals surface area contributed by atoms with Crippen LogP contribution in [0.4, 0.5) is 0 Å². The van der Waals surface area contributed by atoms with Crippen molar-refractivity contribution < 1.29 is 5.11 Å². The highest BCUT2D eigenvalue weighted by Gasteiger charge is 1.96. The third kappa shape index (κ3) is 1.01. The van der Waals surface area contributed by atoms with Crippen molar-refractivity contribution in [3.63, 3.8) is 0 Å². The van der Waals surface area contributed by atoms with E-state index in [1.807, 2.05) is 30.3 Å². The maximum Gasteiger partial charge on any atom is 0.211 e. The minimum Gasteiger partial charge on any atom is -0.390 e. The van der Waals surface area contributed by atoms with Crippen molar-refractivity contribution in [3.8, 4) is 0 Å². The number of benzene rings is 1. The summed E-state index contributed by atoms with van der Waals surface area (Å²) in [4.78, 5) is 3.15. The number of hydrogen-bond donors (Lipinski definition) is 2. The maximum atomic E-state index is 6.59. The Morgan fingerprint density at radius 3 is 3.18 bits per heavy atom. The van der Waals surface area contributed by atoms with E-state index in [0.29, 0.717) is 6.61 Å². The van der Waals surface area contributed by atoms with E-state index in [1.54, 1.807) is 0 Å². The van der Waals surface area contributed by atoms with Gasteiger partial charge in [0.2, 0.25) is 1.43 Å². The molecule has 0 atom stereocenters. The molecule has 56 valence electrons. The molecule has 1 aromatic heterocycles. The second kappa shape index (κ2) is 2.40. The lowest BCUT2D eigenvalue weighted by Gasteiger charge is -1.84. The van der Waals surface area contributed by atoms with Gasteiger partial charge in [0.25, 0.3) is 0 Å². The molecule has 0 bridgehead atoms. The zero-order chi connectivity index (χ0) is 8.39. The number of aromatic amines is 1. The molecule has 2 N–H and O–H groups in total. The van der Waals surface area contributed by atoms with Crippen molar-refractivity contribution in [2.75, 3.05) is 0 Å². The first kappa shape index (κ1) is 5.38. The summed E-state index contributed by atoms with van der Waals surface area (Å²) in [7, 11) is 0. The van der Waals surface area contributed by atoms with Crippen molar-refractivity contribution in [1.82, 2.24) is 4.98 Å². The monoisotopic (exact) mass is 149 g/mol. The van der Waals surface area contributed by atoms with E-state index in [9.17, 15) is 0 Å². The fourth-order valence-electron chi connectivity index (χ4n) is 1.21. The summed E-state index contributed by atoms with van der Waals surface area (Å²) in [6.07, 6.45) is 0. The smallest absolute Gasteiger partial charge is 0.211 e. The van der Waals surface area contributed by atoms with Gasteiger partial charge in [-0.1, -0.05) is 18.2 Å². The van der Waals surface area contributed by atoms with Crippen molar-refractivity contribution in [2.45, 2.75) is 6.61 Å². The van der Waals surface area contributed by atoms with Gasteiger partial charge in [0.15, 0.2) is 0 Å². The highest BCUT2D eigenvalue weighted by molar-refractivity contribution is 5.80. The minimum atomic E-state index is 0.314. The molecule has 0 saturated heterocycles. The fraction of sp³-hybridized carbons (Fsp3) is 0.111. The van der Waals surface area contributed by atoms with Crippen LogP contribution in [0.1, 0.15) is 5.69 Å². The lowest BCUT2D eigenvalue weighted by atomic mass is 10.2. The van der Waals surface area contributed by atoms with Crippen molar-refractivity contribution >= 4 is 10.9 Å². The van der Waals surface area contributed by atoms with E-state index in [4.69, 9.17) is 1.43 Å². The predicted molar refractivity (Wildman–Crippen MR) is 44.2 cm³/mol. The molecule has 0 spiro atoms. The Kier molecular flexibility index (Phi) is 1.17. The van der Waals surface area contributed by atoms with Gasteiger partial charge >= 0.3 is 0 Å². The Hall–Kier alpha value is -1.28. The maximum absolute atomic E-state index is 6.59. The molecule has 0 unspecified atom stereocenters. The van der Waals surface area contributed by atoms with Crippen molar-refractivity contribution in [1.29, 1.82) is 1.43 Å². The third-order valence-electron chi connectivity index (χ3n) is 1.74. The van der Waals surface area contributed by atoms with Crippen LogP contribution in [0.3, 0.4) is 0 Å². The first-order valence-corrected chi connectivity index (χ1v) is 3.55. The summed E-state index contributed by atoms with van der Waals surface area (Å²) in [6.45, 7) is 0.314. The van der Waals surface area contributed by atoms with E-state index < -0.39 is 0 Å². The molecule has 0 saturated carbocycles. The number of fused-ring (bicyclic) bond motifs is 1. The zero-order valence-corrected chi connectivity index (χ0v) is 6.00. The molecule has 2 rings (SSSR count). The van der Waals surface area contributed by atoms with Crippen LogP contribution in [0.5, 0.6) is 0 Å². The molecule has 1 heterocycles. The Labute approximate surface area is 66.0 Å². The van der Waals surface area contributed by atoms with Crippen LogP contribution in [-0.2, 0) is 6.61 Å². The number of aliphatic hydroxyl groups is 1. The molecule has 0 fully saturated rings. The first-order chi connectivity index (χ1) is 5.90. The van der Waals surface area contributed by atoms with Gasteiger partial charge in [0.1, 0.15) is 0 Å². The number of hydrogen-bond acceptors (Lipinski definition) is 1. The normalized spacial score (nSPS) is 11.8. The molecule has 0 radical (unpaired) electrons. The van der Waals surface area contributed by atoms with E-state index in [2.05, 4.69) is 10.1 Å². The van der Waals surface area contributed by atoms with Crippen LogP contribution in [0.25, 0.3) is 10.9 Å². The second-order valence-corrected chi connectivity index (χ2v) is 2.53. The highest BCUT2D eigenvalue weighted by atomic mass is 16.3. The SMILES string of the molecule is [3H]OCc1cc2ccccc2[nH]1. The second-order valence-electron chi connectivity index (χ2n) is 2.53. The molecule has 2 nitrogen and oxygen atoms in total. The summed E-state index contributed by atoms with van der Waals surface area (Å²) in [6, 6.07) is 9.98. The molecule has 0 aliphatic heterocycles. The Balaban J connectivity index is 2.47. The summed E-state index contributed by atoms with van der Waals surface area (Å²) in [5.74, 6) is 0. The molecule has 1 aromatic carbocycles. The third-order valence-corrected chi connectivity index (χ3v) is 1.74. The van der Waals surface area contributed by atoms with Crippen LogP contribution < -0.4 is 0 Å². The van der Waals surface area contributed by atoms with E-state index >= 15 is 0 Å². The standard InChI is InChI=1S/C9H9NO/c11-6-8-5-7-3-1-2-4-9(7)10-8/h1-5,10-11H,6H2/i11T. The number of H-pyrrole nitrogens is 1. The van der Waals surface area contributed by atoms with Crippen LogP contribution >= 0.6 is 0 Å². The van der Waals surface area contributed by atoms with E-state index in [0.717, 1.165) is 16.6 Å². The van der Waals surface area contributed by atoms with Gasteiger partial charge in [-0.2, -0.15) is 0 Å². The van der Waals surface area contributed by atoms with E-state index in [-0.39, 0.29) is 0 Å². The lowest BCUT2D eigenvalue weighted by molar-refractivity contribution is 0.278. The van der Waals surface area contributed by atoms with Crippen molar-refractivity contribution in [3.05, 3.63) is 36.0 Å². The average molecular weight is 149 g/mol. The van der Waals surface area contributed by atoms with Gasteiger partial charge in [-0.05, 0) is 17.5 Å². The van der Waals surface area contributed by atoms with Crippen molar-refractivity contribution in [2.24, 2.45) is 0 Å². The van der Waals surface area contributed by atoms with Gasteiger partial charge < -0.3 is 10.1 Å². The number of aliphatic hydroxyl groups excluding tert-OH is 1. The number of nitrogens with one attached hydrogen (secondary N) is 1. The quantitative estimate of drug-likeness (QED) is 0.669. The summed E-state index contributed by atoms with van der Waals surface area (Å²) in [5, 5.41) is 5.43. The molecular weight excluding hydrogens is 138 g/mol. The van der Waals surface area contributed by atoms with Crippen LogP contribution in [0.2, 0.25) is 0 Å². The largest absolute Gasteiger partial charge is 0.390 e. The number of para-hydroxylation sites is 1. The minimum absolute atomic E-state index is 0.314. The first-order valence-electron chi connectivity index (χ1n) is 3.96. The molecule has 2 heteroatoms. The zero-order valence-electron chi connectivity index (χ0n) is 7.00. The molecule has 0 amide bonds. The molecule has 2 aromatic rings. The summed E-state index contributed by atoms with van der Waals surface area (Å²) >= 11 is 0. The Morgan fingerprint density at radius 1 is 1.45 bits per heavy atom. The average Bonchev–Trinajstić information content (AvgIpc) is 2.47. The van der Waals surface area contributed by atoms with Crippen LogP contribution in [0.15, 0.2) is 30.3 Å². The van der Waals surface area contributed by atoms with Crippen LogP contribution in [-0.4, -0.2) is 11.5 Å². The highest BCUT2D eigenvalue weighted by Crippen LogP contribution is 2.13. The Morgan fingerprint density at radius 2 is 2.36 bits per heavy atom. The van der Waals surface area contributed by atoms with Gasteiger partial charge in [-0.25, -0.2) is 0 Å². The van der Waals surface area contributed by atoms with Gasteiger partial charge in [0, 0.05) is 11.2 Å². The number of rotatable bonds is 2. The molecular formula is C9H9NO. The lowest BCUT2D eigenvalue weighted by Crippen LogP contribution is -1.78. The van der Waals surface area contributed by atoms with Gasteiger partial charge in [-0.3, -0.25) is 0 Å². The molecule has 0 aliphatic carbocycles. The van der Waals surface area contributed by atoms with E-state index in [1.165, 1.54) is 0 Å². The summed E-state index contributed by atoms with van der Waals surface area (Å²) in [5.41, 5.74) is 2.02. The topological polar surface area (TPSA) is 36.0 Å². The fourth-order valence-corrected chi connectivity index (χ4v) is 1.21. The molecule has 11 heavy (non-hydrogen) atoms. The van der Waals surface area contributed by atoms with Crippen LogP contribution in [0, 0.1) is 0 Å². The molecule has 0 aliphatic rings. The van der Waals surface area contributed by atoms with Gasteiger partial charge in [-0.15, -0.1) is 0 Å².